The van der Waals surface area contributed by atoms with Crippen molar-refractivity contribution in [3.63, 3.8) is 0 Å². The van der Waals surface area contributed by atoms with Gasteiger partial charge in [0.1, 0.15) is 17.8 Å². The molecule has 48 heavy (non-hydrogen) atoms. The zero-order valence-corrected chi connectivity index (χ0v) is 29.2. The summed E-state index contributed by atoms with van der Waals surface area (Å²) >= 11 is 6.85. The number of carbonyl (C=O) groups is 6. The molecule has 0 aromatic carbocycles. The van der Waals surface area contributed by atoms with Crippen LogP contribution in [0, 0.1) is 23.2 Å². The van der Waals surface area contributed by atoms with Gasteiger partial charge in [-0.05, 0) is 26.2 Å². The van der Waals surface area contributed by atoms with Gasteiger partial charge >= 0.3 is 35.8 Å². The first-order valence-electron chi connectivity index (χ1n) is 16.0. The van der Waals surface area contributed by atoms with Gasteiger partial charge in [-0.1, -0.05) is 32.9 Å². The van der Waals surface area contributed by atoms with Crippen LogP contribution in [0.4, 0.5) is 0 Å². The van der Waals surface area contributed by atoms with E-state index in [-0.39, 0.29) is 19.4 Å². The summed E-state index contributed by atoms with van der Waals surface area (Å²) in [6, 6.07) is 0. The molecule has 0 amide bonds. The largest absolute Gasteiger partial charge is 0.462 e. The second kappa shape index (κ2) is 13.6. The van der Waals surface area contributed by atoms with Crippen LogP contribution in [0.15, 0.2) is 12.2 Å². The molecular formula is C33H45ClO14. The molecule has 1 spiro atoms. The average Bonchev–Trinajstić information content (AvgIpc) is 3.74. The van der Waals surface area contributed by atoms with E-state index in [4.69, 9.17) is 44.8 Å². The van der Waals surface area contributed by atoms with Gasteiger partial charge in [-0.25, -0.2) is 0 Å². The Morgan fingerprint density at radius 1 is 0.958 bits per heavy atom. The van der Waals surface area contributed by atoms with Crippen molar-refractivity contribution in [2.75, 3.05) is 6.61 Å². The number of fused-ring (bicyclic) bond motifs is 3. The Bertz CT molecular complexity index is 1360. The number of aliphatic hydroxyl groups is 1. The van der Waals surface area contributed by atoms with Gasteiger partial charge in [-0.15, -0.1) is 11.6 Å². The van der Waals surface area contributed by atoms with Crippen LogP contribution >= 0.6 is 11.6 Å². The van der Waals surface area contributed by atoms with Gasteiger partial charge in [0.05, 0.1) is 29.2 Å². The van der Waals surface area contributed by atoms with Crippen LogP contribution in [0.25, 0.3) is 0 Å². The van der Waals surface area contributed by atoms with Crippen molar-refractivity contribution in [3.8, 4) is 0 Å². The zero-order chi connectivity index (χ0) is 36.1. The molecule has 15 heteroatoms. The fraction of sp³-hybridized carbons (Fsp3) is 0.758. The Morgan fingerprint density at radius 3 is 1.98 bits per heavy atom. The number of rotatable bonds is 7. The lowest BCUT2D eigenvalue weighted by Crippen LogP contribution is -2.76. The van der Waals surface area contributed by atoms with E-state index in [1.165, 1.54) is 13.8 Å². The molecule has 13 unspecified atom stereocenters. The monoisotopic (exact) mass is 700 g/mol. The fourth-order valence-electron chi connectivity index (χ4n) is 7.76. The Labute approximate surface area is 284 Å². The summed E-state index contributed by atoms with van der Waals surface area (Å²) < 4.78 is 41.6. The van der Waals surface area contributed by atoms with Crippen molar-refractivity contribution < 1.29 is 67.0 Å². The number of hydrogen-bond acceptors (Lipinski definition) is 14. The van der Waals surface area contributed by atoms with Crippen LogP contribution in [0.5, 0.6) is 0 Å². The molecule has 4 aliphatic rings. The highest BCUT2D eigenvalue weighted by Crippen LogP contribution is 2.64. The maximum Gasteiger partial charge on any atom is 0.312 e. The molecule has 1 N–H and O–H groups in total. The number of ether oxygens (including phenoxy) is 7. The number of halogens is 1. The van der Waals surface area contributed by atoms with Gasteiger partial charge in [0.15, 0.2) is 30.0 Å². The van der Waals surface area contributed by atoms with Crippen molar-refractivity contribution >= 4 is 47.4 Å². The maximum absolute atomic E-state index is 13.4. The Balaban J connectivity index is 2.14. The lowest BCUT2D eigenvalue weighted by Gasteiger charge is -2.60. The van der Waals surface area contributed by atoms with E-state index in [0.717, 1.165) is 20.8 Å². The molecule has 2 aliphatic heterocycles. The highest BCUT2D eigenvalue weighted by atomic mass is 35.5. The molecule has 2 saturated carbocycles. The summed E-state index contributed by atoms with van der Waals surface area (Å²) in [4.78, 5) is 78.0. The summed E-state index contributed by atoms with van der Waals surface area (Å²) in [7, 11) is 0. The SMILES string of the molecule is C=C1CCC(OC(C)=O)C2(C)C(OC(C)=O)C(OC(=O)C(C)CC)C(OC(C)=O)C3(CO3)C2C(OC(C)=O)C2(O)C(C)C(=O)OC2C1Cl. The molecule has 0 radical (unpaired) electrons. The van der Waals surface area contributed by atoms with Crippen molar-refractivity contribution in [1.29, 1.82) is 0 Å². The molecular weight excluding hydrogens is 656 g/mol. The number of esters is 6. The molecule has 2 saturated heterocycles. The molecule has 4 rings (SSSR count). The minimum Gasteiger partial charge on any atom is -0.462 e. The number of alkyl halides is 1. The van der Waals surface area contributed by atoms with E-state index in [2.05, 4.69) is 6.58 Å². The lowest BCUT2D eigenvalue weighted by molar-refractivity contribution is -0.286. The summed E-state index contributed by atoms with van der Waals surface area (Å²) in [5, 5.41) is 11.6. The van der Waals surface area contributed by atoms with Crippen LogP contribution in [0.1, 0.15) is 74.7 Å². The molecule has 0 aromatic rings. The van der Waals surface area contributed by atoms with Crippen LogP contribution in [-0.4, -0.2) is 101 Å². The number of hydrogen-bond donors (Lipinski definition) is 1. The second-order valence-electron chi connectivity index (χ2n) is 13.6. The first-order valence-corrected chi connectivity index (χ1v) is 16.5. The predicted molar refractivity (Wildman–Crippen MR) is 164 cm³/mol. The van der Waals surface area contributed by atoms with Gasteiger partial charge in [-0.2, -0.15) is 0 Å². The van der Waals surface area contributed by atoms with Crippen LogP contribution in [-0.2, 0) is 61.9 Å². The third kappa shape index (κ3) is 6.31. The van der Waals surface area contributed by atoms with Crippen LogP contribution in [0.2, 0.25) is 0 Å². The quantitative estimate of drug-likeness (QED) is 0.134. The van der Waals surface area contributed by atoms with E-state index >= 15 is 0 Å². The van der Waals surface area contributed by atoms with Gasteiger partial charge in [0.25, 0.3) is 0 Å². The van der Waals surface area contributed by atoms with Gasteiger partial charge in [0, 0.05) is 33.6 Å². The van der Waals surface area contributed by atoms with E-state index in [9.17, 15) is 33.9 Å². The molecule has 0 aromatic heterocycles. The van der Waals surface area contributed by atoms with E-state index < -0.39 is 112 Å². The molecule has 2 aliphatic carbocycles. The zero-order valence-electron chi connectivity index (χ0n) is 28.4. The number of epoxide rings is 1. The second-order valence-corrected chi connectivity index (χ2v) is 14.0. The highest BCUT2D eigenvalue weighted by Gasteiger charge is 2.81. The Kier molecular flexibility index (Phi) is 10.6. The minimum atomic E-state index is -2.39. The summed E-state index contributed by atoms with van der Waals surface area (Å²) in [5.74, 6) is -8.18. The van der Waals surface area contributed by atoms with E-state index in [0.29, 0.717) is 12.0 Å². The molecule has 14 nitrogen and oxygen atoms in total. The summed E-state index contributed by atoms with van der Waals surface area (Å²) in [6.07, 6.45) is -8.64. The Morgan fingerprint density at radius 2 is 1.48 bits per heavy atom. The first-order chi connectivity index (χ1) is 22.3. The average molecular weight is 701 g/mol. The fourth-order valence-corrected chi connectivity index (χ4v) is 8.12. The standard InChI is InChI=1S/C33H45ClO14/c1-10-14(2)29(39)47-23-26(44-18(6)36)31(9)21(43-17(5)35)12-11-15(3)22(34)25-33(41,16(4)30(40)48-25)28(46-20(8)38)24(31)32(13-42-32)27(23)45-19(7)37/h14,16,21-28,41H,3,10-13H2,1-2,4-9H3. The van der Waals surface area contributed by atoms with Crippen LogP contribution in [0.3, 0.4) is 0 Å². The lowest BCUT2D eigenvalue weighted by atomic mass is 9.51. The smallest absolute Gasteiger partial charge is 0.312 e. The van der Waals surface area contributed by atoms with Crippen molar-refractivity contribution in [2.45, 2.75) is 128 Å². The molecule has 2 heterocycles. The minimum absolute atomic E-state index is 0.00577. The third-order valence-corrected chi connectivity index (χ3v) is 10.9. The van der Waals surface area contributed by atoms with E-state index in [1.807, 2.05) is 0 Å². The van der Waals surface area contributed by atoms with Gasteiger partial charge in [0.2, 0.25) is 0 Å². The normalized spacial score (nSPS) is 41.1. The summed E-state index contributed by atoms with van der Waals surface area (Å²) in [6.45, 7) is 14.7. The molecule has 0 bridgehead atoms. The molecule has 4 fully saturated rings. The van der Waals surface area contributed by atoms with Crippen molar-refractivity contribution in [2.24, 2.45) is 23.2 Å². The summed E-state index contributed by atoms with van der Waals surface area (Å²) in [5.41, 5.74) is -5.55. The topological polar surface area (TPSA) is 191 Å². The van der Waals surface area contributed by atoms with Crippen LogP contribution < -0.4 is 0 Å². The Hall–Kier alpha value is -3.23. The number of carbonyl (C=O) groups excluding carboxylic acids is 6. The maximum atomic E-state index is 13.4. The molecule has 268 valence electrons. The van der Waals surface area contributed by atoms with Crippen molar-refractivity contribution in [1.82, 2.24) is 0 Å². The first kappa shape index (κ1) is 37.6. The predicted octanol–water partition coefficient (Wildman–Crippen LogP) is 2.33. The van der Waals surface area contributed by atoms with Gasteiger partial charge < -0.3 is 38.3 Å². The third-order valence-electron chi connectivity index (χ3n) is 10.4. The highest BCUT2D eigenvalue weighted by molar-refractivity contribution is 6.23. The van der Waals surface area contributed by atoms with E-state index in [1.54, 1.807) is 20.8 Å². The molecule has 13 atom stereocenters. The van der Waals surface area contributed by atoms with Gasteiger partial charge in [-0.3, -0.25) is 28.8 Å². The van der Waals surface area contributed by atoms with Crippen molar-refractivity contribution in [3.05, 3.63) is 12.2 Å².